The molecule has 5 heteroatoms. The summed E-state index contributed by atoms with van der Waals surface area (Å²) in [5.74, 6) is 0.607. The van der Waals surface area contributed by atoms with Gasteiger partial charge >= 0.3 is 0 Å². The van der Waals surface area contributed by atoms with Gasteiger partial charge in [-0.1, -0.05) is 72.8 Å². The van der Waals surface area contributed by atoms with Crippen LogP contribution in [0.3, 0.4) is 0 Å². The minimum atomic E-state index is 0.607. The van der Waals surface area contributed by atoms with Crippen LogP contribution in [0, 0.1) is 0 Å². The monoisotopic (exact) mass is 558 g/mol. The van der Waals surface area contributed by atoms with Crippen LogP contribution in [0.5, 0.6) is 0 Å². The first kappa shape index (κ1) is 23.3. The molecule has 3 heterocycles. The van der Waals surface area contributed by atoms with E-state index in [0.717, 1.165) is 50.1 Å². The quantitative estimate of drug-likeness (QED) is 0.215. The molecule has 0 N–H and O–H groups in total. The fraction of sp³-hybridized carbons (Fsp3) is 0. The predicted octanol–water partition coefficient (Wildman–Crippen LogP) is 11.2. The molecular formula is C37H22N2O2S. The van der Waals surface area contributed by atoms with Gasteiger partial charge in [-0.15, -0.1) is 11.3 Å². The number of benzene rings is 6. The zero-order chi connectivity index (χ0) is 27.6. The van der Waals surface area contributed by atoms with Crippen LogP contribution in [0.4, 0.5) is 17.1 Å². The molecule has 42 heavy (non-hydrogen) atoms. The number of hydrogen-bond acceptors (Lipinski definition) is 5. The molecule has 0 fully saturated rings. The summed E-state index contributed by atoms with van der Waals surface area (Å²) >= 11 is 1.83. The zero-order valence-electron chi connectivity index (χ0n) is 22.3. The summed E-state index contributed by atoms with van der Waals surface area (Å²) in [6.07, 6.45) is 0. The van der Waals surface area contributed by atoms with Crippen molar-refractivity contribution in [3.8, 4) is 11.5 Å². The highest BCUT2D eigenvalue weighted by Gasteiger charge is 2.21. The van der Waals surface area contributed by atoms with Gasteiger partial charge in [-0.2, -0.15) is 0 Å². The van der Waals surface area contributed by atoms with Crippen LogP contribution in [0.25, 0.3) is 64.7 Å². The third-order valence-electron chi connectivity index (χ3n) is 7.88. The van der Waals surface area contributed by atoms with Crippen LogP contribution >= 0.6 is 11.3 Å². The van der Waals surface area contributed by atoms with E-state index in [9.17, 15) is 0 Å². The van der Waals surface area contributed by atoms with Crippen LogP contribution in [-0.2, 0) is 0 Å². The van der Waals surface area contributed by atoms with E-state index in [1.54, 1.807) is 0 Å². The average Bonchev–Trinajstić information content (AvgIpc) is 3.74. The maximum absolute atomic E-state index is 6.64. The predicted molar refractivity (Wildman–Crippen MR) is 174 cm³/mol. The van der Waals surface area contributed by atoms with Gasteiger partial charge in [-0.3, -0.25) is 0 Å². The first-order chi connectivity index (χ1) is 20.8. The van der Waals surface area contributed by atoms with Crippen LogP contribution in [0.1, 0.15) is 0 Å². The highest BCUT2D eigenvalue weighted by molar-refractivity contribution is 7.25. The van der Waals surface area contributed by atoms with Gasteiger partial charge in [0.15, 0.2) is 11.2 Å². The second-order valence-corrected chi connectivity index (χ2v) is 11.5. The van der Waals surface area contributed by atoms with Gasteiger partial charge in [0, 0.05) is 53.9 Å². The van der Waals surface area contributed by atoms with Gasteiger partial charge in [0.2, 0.25) is 5.89 Å². The summed E-state index contributed by atoms with van der Waals surface area (Å²) in [4.78, 5) is 7.08. The lowest BCUT2D eigenvalue weighted by Gasteiger charge is -2.25. The van der Waals surface area contributed by atoms with Crippen LogP contribution < -0.4 is 4.90 Å². The topological polar surface area (TPSA) is 42.4 Å². The van der Waals surface area contributed by atoms with Crippen LogP contribution in [-0.4, -0.2) is 4.98 Å². The number of thiophene rings is 1. The summed E-state index contributed by atoms with van der Waals surface area (Å²) in [6, 6.07) is 46.2. The molecule has 6 aromatic carbocycles. The summed E-state index contributed by atoms with van der Waals surface area (Å²) in [7, 11) is 0. The van der Waals surface area contributed by atoms with Crippen molar-refractivity contribution in [2.45, 2.75) is 0 Å². The first-order valence-corrected chi connectivity index (χ1v) is 14.7. The lowest BCUT2D eigenvalue weighted by Crippen LogP contribution is -2.09. The number of aromatic nitrogens is 1. The van der Waals surface area contributed by atoms with Gasteiger partial charge in [-0.25, -0.2) is 4.98 Å². The number of oxazole rings is 1. The van der Waals surface area contributed by atoms with Crippen LogP contribution in [0.15, 0.2) is 142 Å². The molecular weight excluding hydrogens is 536 g/mol. The minimum absolute atomic E-state index is 0.607. The van der Waals surface area contributed by atoms with Gasteiger partial charge < -0.3 is 13.7 Å². The Balaban J connectivity index is 1.25. The Morgan fingerprint density at radius 2 is 1.29 bits per heavy atom. The number of furan rings is 1. The van der Waals surface area contributed by atoms with E-state index in [-0.39, 0.29) is 0 Å². The Labute approximate surface area is 244 Å². The van der Waals surface area contributed by atoms with Crippen molar-refractivity contribution >= 4 is 81.6 Å². The van der Waals surface area contributed by atoms with E-state index < -0.39 is 0 Å². The number of para-hydroxylation sites is 2. The molecule has 0 amide bonds. The first-order valence-electron chi connectivity index (χ1n) is 13.9. The lowest BCUT2D eigenvalue weighted by atomic mass is 10.1. The largest absolute Gasteiger partial charge is 0.454 e. The van der Waals surface area contributed by atoms with E-state index in [1.165, 1.54) is 20.2 Å². The van der Waals surface area contributed by atoms with E-state index in [4.69, 9.17) is 13.8 Å². The molecule has 0 aliphatic rings. The maximum atomic E-state index is 6.64. The Hall–Kier alpha value is -5.39. The lowest BCUT2D eigenvalue weighted by molar-refractivity contribution is 0.617. The summed E-state index contributed by atoms with van der Waals surface area (Å²) in [5.41, 5.74) is 7.18. The molecule has 0 bridgehead atoms. The Morgan fingerprint density at radius 1 is 0.524 bits per heavy atom. The summed E-state index contributed by atoms with van der Waals surface area (Å²) in [5, 5.41) is 4.63. The number of hydrogen-bond donors (Lipinski definition) is 0. The smallest absolute Gasteiger partial charge is 0.227 e. The molecule has 0 unspecified atom stereocenters. The van der Waals surface area contributed by atoms with Crippen LogP contribution in [0.2, 0.25) is 0 Å². The number of rotatable bonds is 4. The minimum Gasteiger partial charge on any atom is -0.454 e. The fourth-order valence-corrected chi connectivity index (χ4v) is 7.08. The number of anilines is 3. The number of nitrogens with zero attached hydrogens (tertiary/aromatic N) is 2. The zero-order valence-corrected chi connectivity index (χ0v) is 23.1. The van der Waals surface area contributed by atoms with Crippen molar-refractivity contribution in [3.05, 3.63) is 133 Å². The molecule has 0 aliphatic heterocycles. The second kappa shape index (κ2) is 9.06. The van der Waals surface area contributed by atoms with Gasteiger partial charge in [-0.05, 0) is 54.6 Å². The average molecular weight is 559 g/mol. The van der Waals surface area contributed by atoms with E-state index >= 15 is 0 Å². The third kappa shape index (κ3) is 3.57. The molecule has 0 radical (unpaired) electrons. The van der Waals surface area contributed by atoms with Crippen molar-refractivity contribution in [2.75, 3.05) is 4.90 Å². The van der Waals surface area contributed by atoms with Crippen molar-refractivity contribution < 1.29 is 8.83 Å². The van der Waals surface area contributed by atoms with E-state index in [0.29, 0.717) is 11.5 Å². The van der Waals surface area contributed by atoms with Crippen molar-refractivity contribution in [2.24, 2.45) is 0 Å². The molecule has 0 saturated heterocycles. The Morgan fingerprint density at radius 3 is 2.17 bits per heavy atom. The summed E-state index contributed by atoms with van der Waals surface area (Å²) in [6.45, 7) is 0. The van der Waals surface area contributed by atoms with E-state index in [1.807, 2.05) is 53.8 Å². The standard InChI is InChI=1S/C37H22N2O2S/c1-3-10-23(11-4-1)37-38-30-21-29-28-15-9-16-31(36(28)40-32(29)22-33(30)41-37)39(24-12-5-2-6-13-24)25-18-19-27-26-14-7-8-17-34(26)42-35(27)20-25/h1-22H. The SMILES string of the molecule is c1ccc(-c2nc3cc4c(cc3o2)oc2c(N(c3ccccc3)c3ccc5c(c3)sc3ccccc35)cccc24)cc1. The molecule has 198 valence electrons. The number of fused-ring (bicyclic) bond motifs is 7. The molecule has 4 nitrogen and oxygen atoms in total. The highest BCUT2D eigenvalue weighted by Crippen LogP contribution is 2.44. The molecule has 0 aliphatic carbocycles. The molecule has 3 aromatic heterocycles. The Bertz CT molecular complexity index is 2420. The maximum Gasteiger partial charge on any atom is 0.227 e. The second-order valence-electron chi connectivity index (χ2n) is 10.4. The van der Waals surface area contributed by atoms with E-state index in [2.05, 4.69) is 95.9 Å². The molecule has 0 atom stereocenters. The molecule has 9 rings (SSSR count). The summed E-state index contributed by atoms with van der Waals surface area (Å²) < 4.78 is 15.4. The Kier molecular flexibility index (Phi) is 5.03. The van der Waals surface area contributed by atoms with Crippen molar-refractivity contribution in [3.63, 3.8) is 0 Å². The van der Waals surface area contributed by atoms with Gasteiger partial charge in [0.1, 0.15) is 11.1 Å². The third-order valence-corrected chi connectivity index (χ3v) is 9.02. The molecule has 0 spiro atoms. The normalized spacial score (nSPS) is 11.8. The van der Waals surface area contributed by atoms with Gasteiger partial charge in [0.05, 0.1) is 5.69 Å². The highest BCUT2D eigenvalue weighted by atomic mass is 32.1. The fourth-order valence-electron chi connectivity index (χ4n) is 5.94. The molecule has 0 saturated carbocycles. The van der Waals surface area contributed by atoms with Crippen molar-refractivity contribution in [1.82, 2.24) is 4.98 Å². The van der Waals surface area contributed by atoms with Gasteiger partial charge in [0.25, 0.3) is 0 Å². The van der Waals surface area contributed by atoms with Crippen molar-refractivity contribution in [1.29, 1.82) is 0 Å². The molecule has 9 aromatic rings.